The van der Waals surface area contributed by atoms with Crippen LogP contribution in [0, 0.1) is 20.8 Å². The molecule has 0 unspecified atom stereocenters. The van der Waals surface area contributed by atoms with Crippen molar-refractivity contribution in [3.8, 4) is 0 Å². The van der Waals surface area contributed by atoms with Crippen molar-refractivity contribution in [3.05, 3.63) is 71.0 Å². The summed E-state index contributed by atoms with van der Waals surface area (Å²) in [5, 5.41) is 8.71. The van der Waals surface area contributed by atoms with Crippen LogP contribution >= 0.6 is 0 Å². The zero-order valence-electron chi connectivity index (χ0n) is 16.8. The highest BCUT2D eigenvalue weighted by atomic mass is 16.2. The maximum absolute atomic E-state index is 12.7. The van der Waals surface area contributed by atoms with Crippen molar-refractivity contribution < 1.29 is 9.59 Å². The molecule has 0 aliphatic heterocycles. The molecule has 0 aliphatic rings. The lowest BCUT2D eigenvalue weighted by Gasteiger charge is -2.13. The molecule has 0 aliphatic carbocycles. The lowest BCUT2D eigenvalue weighted by atomic mass is 10.1. The van der Waals surface area contributed by atoms with Gasteiger partial charge in [-0.15, -0.1) is 0 Å². The van der Waals surface area contributed by atoms with Gasteiger partial charge in [0.1, 0.15) is 5.69 Å². The Morgan fingerprint density at radius 2 is 1.48 bits per heavy atom. The van der Waals surface area contributed by atoms with Crippen molar-refractivity contribution in [1.82, 2.24) is 9.97 Å². The van der Waals surface area contributed by atoms with Crippen molar-refractivity contribution in [2.24, 2.45) is 0 Å². The first-order valence-electron chi connectivity index (χ1n) is 9.19. The Labute approximate surface area is 169 Å². The molecule has 0 fully saturated rings. The Morgan fingerprint density at radius 3 is 2.10 bits per heavy atom. The number of hydrogen-bond acceptors (Lipinski definition) is 5. The van der Waals surface area contributed by atoms with E-state index >= 15 is 0 Å². The van der Waals surface area contributed by atoms with Gasteiger partial charge in [0.15, 0.2) is 0 Å². The van der Waals surface area contributed by atoms with E-state index in [2.05, 4.69) is 25.9 Å². The second-order valence-corrected chi connectivity index (χ2v) is 6.88. The van der Waals surface area contributed by atoms with Gasteiger partial charge in [-0.05, 0) is 62.2 Å². The van der Waals surface area contributed by atoms with Gasteiger partial charge >= 0.3 is 0 Å². The van der Waals surface area contributed by atoms with E-state index < -0.39 is 0 Å². The van der Waals surface area contributed by atoms with Crippen molar-refractivity contribution >= 4 is 34.8 Å². The minimum atomic E-state index is -0.300. The average molecular weight is 389 g/mol. The van der Waals surface area contributed by atoms with Crippen LogP contribution in [-0.4, -0.2) is 21.8 Å². The van der Waals surface area contributed by atoms with Crippen molar-refractivity contribution in [2.45, 2.75) is 27.7 Å². The number of anilines is 4. The predicted octanol–water partition coefficient (Wildman–Crippen LogP) is 4.36. The van der Waals surface area contributed by atoms with Crippen LogP contribution in [0.4, 0.5) is 23.0 Å². The Morgan fingerprint density at radius 1 is 0.862 bits per heavy atom. The zero-order chi connectivity index (χ0) is 21.0. The van der Waals surface area contributed by atoms with Gasteiger partial charge in [-0.1, -0.05) is 17.7 Å². The molecule has 1 heterocycles. The normalized spacial score (nSPS) is 10.3. The van der Waals surface area contributed by atoms with E-state index in [9.17, 15) is 9.59 Å². The summed E-state index contributed by atoms with van der Waals surface area (Å²) in [5.74, 6) is -0.124. The van der Waals surface area contributed by atoms with E-state index in [4.69, 9.17) is 0 Å². The van der Waals surface area contributed by atoms with Crippen LogP contribution in [0.15, 0.2) is 48.7 Å². The molecule has 2 amide bonds. The first kappa shape index (κ1) is 20.0. The van der Waals surface area contributed by atoms with Crippen LogP contribution in [0.1, 0.15) is 34.1 Å². The standard InChI is InChI=1S/C22H23N5O2/c1-13-11-14(2)20(15(3)12-13)27-21(29)19-9-10-23-22(26-19)25-18-7-5-17(6-8-18)24-16(4)28/h5-12H,1-4H3,(H,24,28)(H,27,29)(H,23,25,26). The number of rotatable bonds is 5. The molecule has 1 aromatic heterocycles. The summed E-state index contributed by atoms with van der Waals surface area (Å²) in [6.45, 7) is 7.41. The highest BCUT2D eigenvalue weighted by Gasteiger charge is 2.13. The Kier molecular flexibility index (Phi) is 5.87. The van der Waals surface area contributed by atoms with Crippen LogP contribution in [0.25, 0.3) is 0 Å². The third-order valence-electron chi connectivity index (χ3n) is 4.27. The second kappa shape index (κ2) is 8.52. The predicted molar refractivity (Wildman–Crippen MR) is 115 cm³/mol. The van der Waals surface area contributed by atoms with Crippen molar-refractivity contribution in [3.63, 3.8) is 0 Å². The molecule has 0 saturated carbocycles. The van der Waals surface area contributed by atoms with Gasteiger partial charge in [0.05, 0.1) is 0 Å². The molecular formula is C22H23N5O2. The van der Waals surface area contributed by atoms with Gasteiger partial charge in [0.2, 0.25) is 11.9 Å². The van der Waals surface area contributed by atoms with E-state index in [1.54, 1.807) is 30.3 Å². The monoisotopic (exact) mass is 389 g/mol. The molecule has 3 aromatic rings. The minimum absolute atomic E-state index is 0.133. The Hall–Kier alpha value is -3.74. The van der Waals surface area contributed by atoms with E-state index in [-0.39, 0.29) is 17.5 Å². The number of carbonyl (C=O) groups excluding carboxylic acids is 2. The molecule has 0 radical (unpaired) electrons. The molecule has 7 heteroatoms. The number of nitrogens with zero attached hydrogens (tertiary/aromatic N) is 2. The van der Waals surface area contributed by atoms with Crippen molar-refractivity contribution in [1.29, 1.82) is 0 Å². The molecule has 148 valence electrons. The number of nitrogens with one attached hydrogen (secondary N) is 3. The highest BCUT2D eigenvalue weighted by molar-refractivity contribution is 6.03. The molecule has 0 atom stereocenters. The summed E-state index contributed by atoms with van der Waals surface area (Å²) in [4.78, 5) is 32.3. The van der Waals surface area contributed by atoms with Gasteiger partial charge in [0.25, 0.3) is 5.91 Å². The molecule has 0 bridgehead atoms. The summed E-state index contributed by atoms with van der Waals surface area (Å²) in [7, 11) is 0. The van der Waals surface area contributed by atoms with E-state index in [0.717, 1.165) is 28.1 Å². The van der Waals surface area contributed by atoms with Gasteiger partial charge in [0, 0.05) is 30.2 Å². The number of hydrogen-bond donors (Lipinski definition) is 3. The largest absolute Gasteiger partial charge is 0.326 e. The summed E-state index contributed by atoms with van der Waals surface area (Å²) in [6, 6.07) is 12.7. The van der Waals surface area contributed by atoms with E-state index in [1.807, 2.05) is 32.9 Å². The van der Waals surface area contributed by atoms with Crippen LogP contribution in [0.5, 0.6) is 0 Å². The molecule has 2 aromatic carbocycles. The van der Waals surface area contributed by atoms with Gasteiger partial charge in [-0.25, -0.2) is 9.97 Å². The van der Waals surface area contributed by atoms with Crippen molar-refractivity contribution in [2.75, 3.05) is 16.0 Å². The molecule has 7 nitrogen and oxygen atoms in total. The fourth-order valence-electron chi connectivity index (χ4n) is 3.07. The van der Waals surface area contributed by atoms with Crippen LogP contribution in [0.3, 0.4) is 0 Å². The third-order valence-corrected chi connectivity index (χ3v) is 4.27. The smallest absolute Gasteiger partial charge is 0.274 e. The first-order chi connectivity index (χ1) is 13.8. The molecule has 3 N–H and O–H groups in total. The number of amides is 2. The van der Waals surface area contributed by atoms with Gasteiger partial charge in [-0.2, -0.15) is 0 Å². The topological polar surface area (TPSA) is 96.0 Å². The number of benzene rings is 2. The van der Waals surface area contributed by atoms with Crippen LogP contribution in [0.2, 0.25) is 0 Å². The van der Waals surface area contributed by atoms with E-state index in [0.29, 0.717) is 11.6 Å². The van der Waals surface area contributed by atoms with Crippen LogP contribution < -0.4 is 16.0 Å². The van der Waals surface area contributed by atoms with Gasteiger partial charge in [-0.3, -0.25) is 9.59 Å². The number of aromatic nitrogens is 2. The van der Waals surface area contributed by atoms with Crippen LogP contribution in [-0.2, 0) is 4.79 Å². The number of carbonyl (C=O) groups is 2. The highest BCUT2D eigenvalue weighted by Crippen LogP contribution is 2.23. The second-order valence-electron chi connectivity index (χ2n) is 6.88. The van der Waals surface area contributed by atoms with E-state index in [1.165, 1.54) is 13.1 Å². The quantitative estimate of drug-likeness (QED) is 0.603. The summed E-state index contributed by atoms with van der Waals surface area (Å²) in [6.07, 6.45) is 1.53. The Bertz CT molecular complexity index is 1040. The Balaban J connectivity index is 1.74. The zero-order valence-corrected chi connectivity index (χ0v) is 16.8. The molecule has 29 heavy (non-hydrogen) atoms. The third kappa shape index (κ3) is 5.16. The van der Waals surface area contributed by atoms with Gasteiger partial charge < -0.3 is 16.0 Å². The lowest BCUT2D eigenvalue weighted by Crippen LogP contribution is -2.16. The molecular weight excluding hydrogens is 366 g/mol. The minimum Gasteiger partial charge on any atom is -0.326 e. The molecule has 0 spiro atoms. The summed E-state index contributed by atoms with van der Waals surface area (Å²) >= 11 is 0. The summed E-state index contributed by atoms with van der Waals surface area (Å²) < 4.78 is 0. The lowest BCUT2D eigenvalue weighted by molar-refractivity contribution is -0.114. The summed E-state index contributed by atoms with van der Waals surface area (Å²) in [5.41, 5.74) is 5.64. The average Bonchev–Trinajstić information content (AvgIpc) is 2.66. The fraction of sp³-hybridized carbons (Fsp3) is 0.182. The SMILES string of the molecule is CC(=O)Nc1ccc(Nc2nccc(C(=O)Nc3c(C)cc(C)cc3C)n2)cc1. The maximum atomic E-state index is 12.7. The maximum Gasteiger partial charge on any atom is 0.274 e. The molecule has 0 saturated heterocycles. The molecule has 3 rings (SSSR count). The number of aryl methyl sites for hydroxylation is 3. The fourth-order valence-corrected chi connectivity index (χ4v) is 3.07. The first-order valence-corrected chi connectivity index (χ1v) is 9.19.